The summed E-state index contributed by atoms with van der Waals surface area (Å²) in [6.45, 7) is 3.45. The Hall–Kier alpha value is -1.83. The number of anilines is 1. The maximum Gasteiger partial charge on any atom is 0.265 e. The molecule has 0 saturated carbocycles. The van der Waals surface area contributed by atoms with E-state index in [4.69, 9.17) is 0 Å². The summed E-state index contributed by atoms with van der Waals surface area (Å²) in [7, 11) is -0.185. The molecule has 2 aromatic rings. The predicted octanol–water partition coefficient (Wildman–Crippen LogP) is 0.571. The Balaban J connectivity index is 2.39. The van der Waals surface area contributed by atoms with Crippen molar-refractivity contribution in [3.63, 3.8) is 0 Å². The third-order valence-corrected chi connectivity index (χ3v) is 4.21. The summed E-state index contributed by atoms with van der Waals surface area (Å²) in [6.07, 6.45) is 2.96. The van der Waals surface area contributed by atoms with E-state index in [-0.39, 0.29) is 4.90 Å². The SMILES string of the molecule is Cc1nn(C)cc1NS(=O)(=O)c1cnn(C)c1C. The molecule has 98 valence electrons. The van der Waals surface area contributed by atoms with Crippen molar-refractivity contribution in [2.45, 2.75) is 18.7 Å². The number of sulfonamides is 1. The molecule has 0 bridgehead atoms. The van der Waals surface area contributed by atoms with Crippen LogP contribution in [0.3, 0.4) is 0 Å². The molecule has 0 saturated heterocycles. The number of rotatable bonds is 3. The maximum absolute atomic E-state index is 12.2. The third-order valence-electron chi connectivity index (χ3n) is 2.74. The molecule has 8 heteroatoms. The van der Waals surface area contributed by atoms with Gasteiger partial charge in [-0.1, -0.05) is 0 Å². The van der Waals surface area contributed by atoms with Gasteiger partial charge >= 0.3 is 0 Å². The van der Waals surface area contributed by atoms with E-state index in [1.165, 1.54) is 10.9 Å². The molecule has 0 amide bonds. The molecule has 0 aliphatic heterocycles. The number of aromatic nitrogens is 4. The van der Waals surface area contributed by atoms with E-state index in [1.54, 1.807) is 38.8 Å². The Morgan fingerprint density at radius 2 is 1.94 bits per heavy atom. The highest BCUT2D eigenvalue weighted by molar-refractivity contribution is 7.92. The van der Waals surface area contributed by atoms with Crippen LogP contribution in [0.1, 0.15) is 11.4 Å². The third kappa shape index (κ3) is 2.10. The van der Waals surface area contributed by atoms with Crippen LogP contribution in [-0.4, -0.2) is 28.0 Å². The fourth-order valence-corrected chi connectivity index (χ4v) is 2.95. The van der Waals surface area contributed by atoms with E-state index in [1.807, 2.05) is 0 Å². The molecule has 0 aliphatic rings. The standard InChI is InChI=1S/C10H15N5O2S/c1-7-9(6-14(3)12-7)13-18(16,17)10-5-11-15(4)8(10)2/h5-6,13H,1-4H3. The lowest BCUT2D eigenvalue weighted by Gasteiger charge is -2.05. The molecular formula is C10H15N5O2S. The van der Waals surface area contributed by atoms with E-state index in [0.717, 1.165) is 0 Å². The first kappa shape index (κ1) is 12.6. The largest absolute Gasteiger partial charge is 0.276 e. The van der Waals surface area contributed by atoms with Crippen molar-refractivity contribution in [2.24, 2.45) is 14.1 Å². The van der Waals surface area contributed by atoms with Crippen LogP contribution in [0.4, 0.5) is 5.69 Å². The smallest absolute Gasteiger partial charge is 0.265 e. The zero-order valence-corrected chi connectivity index (χ0v) is 11.5. The number of aryl methyl sites for hydroxylation is 3. The van der Waals surface area contributed by atoms with Gasteiger partial charge in [-0.05, 0) is 13.8 Å². The van der Waals surface area contributed by atoms with Gasteiger partial charge in [-0.2, -0.15) is 10.2 Å². The first-order chi connectivity index (χ1) is 8.31. The van der Waals surface area contributed by atoms with Gasteiger partial charge < -0.3 is 0 Å². The molecule has 0 spiro atoms. The molecule has 7 nitrogen and oxygen atoms in total. The van der Waals surface area contributed by atoms with E-state index in [2.05, 4.69) is 14.9 Å². The minimum absolute atomic E-state index is 0.174. The van der Waals surface area contributed by atoms with Gasteiger partial charge in [0.05, 0.1) is 23.3 Å². The summed E-state index contributed by atoms with van der Waals surface area (Å²) in [5.74, 6) is 0. The highest BCUT2D eigenvalue weighted by Gasteiger charge is 2.21. The van der Waals surface area contributed by atoms with Crippen LogP contribution in [0.5, 0.6) is 0 Å². The maximum atomic E-state index is 12.2. The Morgan fingerprint density at radius 1 is 1.28 bits per heavy atom. The molecule has 18 heavy (non-hydrogen) atoms. The van der Waals surface area contributed by atoms with Gasteiger partial charge in [0.1, 0.15) is 4.90 Å². The summed E-state index contributed by atoms with van der Waals surface area (Å²) in [5.41, 5.74) is 1.69. The number of hydrogen-bond donors (Lipinski definition) is 1. The monoisotopic (exact) mass is 269 g/mol. The zero-order chi connectivity index (χ0) is 13.5. The normalized spacial score (nSPS) is 11.8. The Labute approximate surface area is 105 Å². The second kappa shape index (κ2) is 4.13. The van der Waals surface area contributed by atoms with Crippen LogP contribution in [-0.2, 0) is 24.1 Å². The van der Waals surface area contributed by atoms with Crippen molar-refractivity contribution >= 4 is 15.7 Å². The lowest BCUT2D eigenvalue weighted by Crippen LogP contribution is -2.14. The van der Waals surface area contributed by atoms with Gasteiger partial charge in [0.25, 0.3) is 10.0 Å². The van der Waals surface area contributed by atoms with Crippen molar-refractivity contribution in [1.29, 1.82) is 0 Å². The van der Waals surface area contributed by atoms with Gasteiger partial charge in [0.15, 0.2) is 0 Å². The van der Waals surface area contributed by atoms with Crippen LogP contribution in [0.2, 0.25) is 0 Å². The fraction of sp³-hybridized carbons (Fsp3) is 0.400. The van der Waals surface area contributed by atoms with Crippen LogP contribution >= 0.6 is 0 Å². The molecule has 0 atom stereocenters. The molecule has 0 fully saturated rings. The quantitative estimate of drug-likeness (QED) is 0.883. The molecule has 2 heterocycles. The molecule has 2 rings (SSSR count). The molecular weight excluding hydrogens is 254 g/mol. The summed E-state index contributed by atoms with van der Waals surface area (Å²) >= 11 is 0. The molecule has 0 aromatic carbocycles. The zero-order valence-electron chi connectivity index (χ0n) is 10.7. The van der Waals surface area contributed by atoms with Gasteiger partial charge in [-0.15, -0.1) is 0 Å². The highest BCUT2D eigenvalue weighted by Crippen LogP contribution is 2.20. The fourth-order valence-electron chi connectivity index (χ4n) is 1.64. The molecule has 0 aliphatic carbocycles. The lowest BCUT2D eigenvalue weighted by molar-refractivity contribution is 0.600. The van der Waals surface area contributed by atoms with E-state index in [9.17, 15) is 8.42 Å². The van der Waals surface area contributed by atoms with Gasteiger partial charge in [0, 0.05) is 20.3 Å². The van der Waals surface area contributed by atoms with E-state index >= 15 is 0 Å². The van der Waals surface area contributed by atoms with Gasteiger partial charge in [-0.3, -0.25) is 14.1 Å². The van der Waals surface area contributed by atoms with Crippen LogP contribution in [0, 0.1) is 13.8 Å². The molecule has 2 aromatic heterocycles. The average Bonchev–Trinajstić information content (AvgIpc) is 2.72. The van der Waals surface area contributed by atoms with E-state index in [0.29, 0.717) is 17.1 Å². The van der Waals surface area contributed by atoms with Crippen LogP contribution < -0.4 is 4.72 Å². The Bertz CT molecular complexity index is 683. The lowest BCUT2D eigenvalue weighted by atomic mass is 10.4. The topological polar surface area (TPSA) is 81.8 Å². The second-order valence-corrected chi connectivity index (χ2v) is 5.78. The summed E-state index contributed by atoms with van der Waals surface area (Å²) < 4.78 is 30.0. The molecule has 0 unspecified atom stereocenters. The molecule has 0 radical (unpaired) electrons. The van der Waals surface area contributed by atoms with Gasteiger partial charge in [-0.25, -0.2) is 8.42 Å². The van der Waals surface area contributed by atoms with Crippen molar-refractivity contribution in [1.82, 2.24) is 19.6 Å². The Morgan fingerprint density at radius 3 is 2.39 bits per heavy atom. The van der Waals surface area contributed by atoms with Crippen molar-refractivity contribution in [3.8, 4) is 0 Å². The van der Waals surface area contributed by atoms with Crippen molar-refractivity contribution in [2.75, 3.05) is 4.72 Å². The minimum Gasteiger partial charge on any atom is -0.276 e. The number of nitrogens with zero attached hydrogens (tertiary/aromatic N) is 4. The predicted molar refractivity (Wildman–Crippen MR) is 66.7 cm³/mol. The van der Waals surface area contributed by atoms with Crippen molar-refractivity contribution < 1.29 is 8.42 Å². The molecule has 1 N–H and O–H groups in total. The minimum atomic E-state index is -3.62. The highest BCUT2D eigenvalue weighted by atomic mass is 32.2. The van der Waals surface area contributed by atoms with Crippen LogP contribution in [0.15, 0.2) is 17.3 Å². The summed E-state index contributed by atoms with van der Waals surface area (Å²) in [6, 6.07) is 0. The summed E-state index contributed by atoms with van der Waals surface area (Å²) in [4.78, 5) is 0.174. The first-order valence-electron chi connectivity index (χ1n) is 5.33. The van der Waals surface area contributed by atoms with Crippen LogP contribution in [0.25, 0.3) is 0 Å². The second-order valence-electron chi connectivity index (χ2n) is 4.13. The van der Waals surface area contributed by atoms with E-state index < -0.39 is 10.0 Å². The number of nitrogens with one attached hydrogen (secondary N) is 1. The number of hydrogen-bond acceptors (Lipinski definition) is 4. The first-order valence-corrected chi connectivity index (χ1v) is 6.81. The average molecular weight is 269 g/mol. The Kier molecular flexibility index (Phi) is 2.89. The van der Waals surface area contributed by atoms with Gasteiger partial charge in [0.2, 0.25) is 0 Å². The van der Waals surface area contributed by atoms with Crippen molar-refractivity contribution in [3.05, 3.63) is 23.8 Å². The summed E-state index contributed by atoms with van der Waals surface area (Å²) in [5, 5.41) is 8.01.